The molecule has 26 heavy (non-hydrogen) atoms. The average Bonchev–Trinajstić information content (AvgIpc) is 3.16. The summed E-state index contributed by atoms with van der Waals surface area (Å²) in [5.41, 5.74) is 2.03. The van der Waals surface area contributed by atoms with Gasteiger partial charge in [-0.05, 0) is 32.8 Å². The van der Waals surface area contributed by atoms with Crippen LogP contribution in [0.15, 0.2) is 0 Å². The molecule has 0 amide bonds. The number of rotatable bonds is 5. The van der Waals surface area contributed by atoms with Gasteiger partial charge in [0.05, 0.1) is 24.2 Å². The molecular formula is C18H26N5O2S+. The number of nitrogens with two attached hydrogens (primary N) is 1. The topological polar surface area (TPSA) is 89.2 Å². The SMILES string of the molecule is CC[C@@H](CO)[NH2+]Cc1nc2c3c4c(sc3nc(C)n2n1)COC(C)(C)C4. The van der Waals surface area contributed by atoms with Crippen molar-refractivity contribution in [2.75, 3.05) is 6.61 Å². The number of hydrogen-bond donors (Lipinski definition) is 2. The fourth-order valence-electron chi connectivity index (χ4n) is 3.51. The van der Waals surface area contributed by atoms with Gasteiger partial charge in [-0.2, -0.15) is 4.52 Å². The smallest absolute Gasteiger partial charge is 0.206 e. The second-order valence-corrected chi connectivity index (χ2v) is 8.71. The van der Waals surface area contributed by atoms with Gasteiger partial charge in [-0.15, -0.1) is 16.4 Å². The molecule has 0 saturated carbocycles. The molecule has 0 saturated heterocycles. The molecule has 0 bridgehead atoms. The minimum atomic E-state index is -0.172. The zero-order valence-electron chi connectivity index (χ0n) is 15.7. The molecule has 0 spiro atoms. The van der Waals surface area contributed by atoms with E-state index in [1.165, 1.54) is 10.4 Å². The molecule has 8 heteroatoms. The van der Waals surface area contributed by atoms with E-state index in [-0.39, 0.29) is 18.2 Å². The third-order valence-corrected chi connectivity index (χ3v) is 6.21. The highest BCUT2D eigenvalue weighted by Gasteiger charge is 2.31. The normalized spacial score (nSPS) is 17.7. The lowest BCUT2D eigenvalue weighted by Gasteiger charge is -2.30. The van der Waals surface area contributed by atoms with Crippen molar-refractivity contribution >= 4 is 27.2 Å². The van der Waals surface area contributed by atoms with Crippen molar-refractivity contribution in [3.05, 3.63) is 22.1 Å². The van der Waals surface area contributed by atoms with Gasteiger partial charge in [0.25, 0.3) is 0 Å². The monoisotopic (exact) mass is 376 g/mol. The Kier molecular flexibility index (Phi) is 4.46. The minimum absolute atomic E-state index is 0.168. The summed E-state index contributed by atoms with van der Waals surface area (Å²) in [6.07, 6.45) is 1.78. The first-order valence-electron chi connectivity index (χ1n) is 9.16. The van der Waals surface area contributed by atoms with Crippen LogP contribution in [0.2, 0.25) is 0 Å². The first-order chi connectivity index (χ1) is 12.4. The van der Waals surface area contributed by atoms with Crippen molar-refractivity contribution in [2.45, 2.75) is 65.3 Å². The molecule has 3 aromatic rings. The highest BCUT2D eigenvalue weighted by Crippen LogP contribution is 2.39. The number of aliphatic hydroxyl groups excluding tert-OH is 1. The van der Waals surface area contributed by atoms with Crippen molar-refractivity contribution in [2.24, 2.45) is 0 Å². The number of aryl methyl sites for hydroxylation is 1. The van der Waals surface area contributed by atoms with Crippen LogP contribution in [0.5, 0.6) is 0 Å². The van der Waals surface area contributed by atoms with Gasteiger partial charge in [0, 0.05) is 11.3 Å². The fraction of sp³-hybridized carbons (Fsp3) is 0.611. The van der Waals surface area contributed by atoms with Gasteiger partial charge in [0.2, 0.25) is 5.82 Å². The minimum Gasteiger partial charge on any atom is -0.390 e. The zero-order valence-corrected chi connectivity index (χ0v) is 16.6. The molecule has 0 radical (unpaired) electrons. The van der Waals surface area contributed by atoms with Crippen LogP contribution < -0.4 is 5.32 Å². The summed E-state index contributed by atoms with van der Waals surface area (Å²) in [6, 6.07) is 0.188. The zero-order chi connectivity index (χ0) is 18.5. The van der Waals surface area contributed by atoms with E-state index in [2.05, 4.69) is 31.2 Å². The Morgan fingerprint density at radius 1 is 1.38 bits per heavy atom. The van der Waals surface area contributed by atoms with E-state index in [1.54, 1.807) is 11.3 Å². The molecule has 7 nitrogen and oxygen atoms in total. The van der Waals surface area contributed by atoms with E-state index in [9.17, 15) is 5.11 Å². The van der Waals surface area contributed by atoms with Crippen molar-refractivity contribution < 1.29 is 15.2 Å². The van der Waals surface area contributed by atoms with E-state index in [0.29, 0.717) is 13.2 Å². The summed E-state index contributed by atoms with van der Waals surface area (Å²) in [4.78, 5) is 11.9. The Labute approximate surface area is 156 Å². The number of hydrogen-bond acceptors (Lipinski definition) is 6. The lowest BCUT2D eigenvalue weighted by atomic mass is 9.94. The summed E-state index contributed by atoms with van der Waals surface area (Å²) in [5.74, 6) is 1.62. The third-order valence-electron chi connectivity index (χ3n) is 5.11. The van der Waals surface area contributed by atoms with Gasteiger partial charge in [-0.3, -0.25) is 0 Å². The highest BCUT2D eigenvalue weighted by molar-refractivity contribution is 7.19. The quantitative estimate of drug-likeness (QED) is 0.701. The van der Waals surface area contributed by atoms with Crippen LogP contribution >= 0.6 is 11.3 Å². The van der Waals surface area contributed by atoms with Gasteiger partial charge < -0.3 is 15.2 Å². The van der Waals surface area contributed by atoms with Crippen LogP contribution in [0.25, 0.3) is 15.9 Å². The van der Waals surface area contributed by atoms with E-state index in [4.69, 9.17) is 14.7 Å². The molecule has 0 aromatic carbocycles. The Morgan fingerprint density at radius 3 is 2.92 bits per heavy atom. The summed E-state index contributed by atoms with van der Waals surface area (Å²) < 4.78 is 7.83. The van der Waals surface area contributed by atoms with Gasteiger partial charge in [-0.25, -0.2) is 9.97 Å². The van der Waals surface area contributed by atoms with Crippen molar-refractivity contribution in [1.29, 1.82) is 0 Å². The Bertz CT molecular complexity index is 958. The largest absolute Gasteiger partial charge is 0.390 e. The Balaban J connectivity index is 1.80. The number of thiophene rings is 1. The Hall–Kier alpha value is -1.61. The lowest BCUT2D eigenvalue weighted by Crippen LogP contribution is -2.89. The number of ether oxygens (including phenoxy) is 1. The standard InChI is InChI=1S/C18H25N5O2S/c1-5-11(8-24)19-7-14-21-16-15-12-6-18(3,4)25-9-13(12)26-17(15)20-10(2)23(16)22-14/h11,19,24H,5-9H2,1-4H3/p+1/t11-/m0/s1. The number of aliphatic hydroxyl groups is 1. The highest BCUT2D eigenvalue weighted by atomic mass is 32.1. The molecular weight excluding hydrogens is 350 g/mol. The summed E-state index contributed by atoms with van der Waals surface area (Å²) in [7, 11) is 0. The fourth-order valence-corrected chi connectivity index (χ4v) is 4.66. The molecule has 0 fully saturated rings. The van der Waals surface area contributed by atoms with Gasteiger partial charge >= 0.3 is 0 Å². The Morgan fingerprint density at radius 2 is 2.19 bits per heavy atom. The second-order valence-electron chi connectivity index (χ2n) is 7.62. The maximum absolute atomic E-state index is 9.39. The summed E-state index contributed by atoms with van der Waals surface area (Å²) >= 11 is 1.71. The van der Waals surface area contributed by atoms with Crippen LogP contribution in [0.1, 0.15) is 49.3 Å². The summed E-state index contributed by atoms with van der Waals surface area (Å²) in [6.45, 7) is 9.76. The molecule has 4 rings (SSSR count). The van der Waals surface area contributed by atoms with Gasteiger partial charge in [0.1, 0.15) is 23.2 Å². The second kappa shape index (κ2) is 6.53. The van der Waals surface area contributed by atoms with Crippen LogP contribution in [-0.4, -0.2) is 42.9 Å². The predicted octanol–water partition coefficient (Wildman–Crippen LogP) is 1.33. The number of nitrogens with zero attached hydrogens (tertiary/aromatic N) is 4. The van der Waals surface area contributed by atoms with Gasteiger partial charge in [-0.1, -0.05) is 6.92 Å². The van der Waals surface area contributed by atoms with E-state index < -0.39 is 0 Å². The van der Waals surface area contributed by atoms with E-state index in [0.717, 1.165) is 40.4 Å². The van der Waals surface area contributed by atoms with Crippen molar-refractivity contribution in [3.8, 4) is 0 Å². The van der Waals surface area contributed by atoms with E-state index in [1.807, 2.05) is 11.4 Å². The first kappa shape index (κ1) is 17.8. The molecule has 1 aliphatic rings. The predicted molar refractivity (Wildman–Crippen MR) is 100 cm³/mol. The average molecular weight is 377 g/mol. The molecule has 1 atom stereocenters. The molecule has 1 aliphatic heterocycles. The molecule has 3 N–H and O–H groups in total. The molecule has 0 aliphatic carbocycles. The molecule has 140 valence electrons. The van der Waals surface area contributed by atoms with Crippen LogP contribution in [0, 0.1) is 6.92 Å². The maximum atomic E-state index is 9.39. The van der Waals surface area contributed by atoms with Crippen LogP contribution in [-0.2, 0) is 24.3 Å². The molecule has 0 unspecified atom stereocenters. The molecule has 3 aromatic heterocycles. The van der Waals surface area contributed by atoms with Crippen molar-refractivity contribution in [3.63, 3.8) is 0 Å². The summed E-state index contributed by atoms with van der Waals surface area (Å²) in [5, 5.41) is 17.3. The number of fused-ring (bicyclic) bond motifs is 5. The van der Waals surface area contributed by atoms with Crippen molar-refractivity contribution in [1.82, 2.24) is 19.6 Å². The maximum Gasteiger partial charge on any atom is 0.206 e. The van der Waals surface area contributed by atoms with Crippen LogP contribution in [0.3, 0.4) is 0 Å². The third kappa shape index (κ3) is 3.00. The number of aromatic nitrogens is 4. The van der Waals surface area contributed by atoms with E-state index >= 15 is 0 Å². The molecule has 4 heterocycles. The number of quaternary nitrogens is 1. The lowest BCUT2D eigenvalue weighted by molar-refractivity contribution is -0.707. The van der Waals surface area contributed by atoms with Crippen LogP contribution in [0.4, 0.5) is 0 Å². The first-order valence-corrected chi connectivity index (χ1v) is 9.98. The van der Waals surface area contributed by atoms with Gasteiger partial charge in [0.15, 0.2) is 5.65 Å².